The average molecular weight is 553 g/mol. The third-order valence-electron chi connectivity index (χ3n) is 6.55. The average Bonchev–Trinajstić information content (AvgIpc) is 2.92. The number of hydrogen-bond acceptors (Lipinski definition) is 7. The summed E-state index contributed by atoms with van der Waals surface area (Å²) in [6, 6.07) is 8.83. The molecule has 0 bridgehead atoms. The van der Waals surface area contributed by atoms with E-state index in [1.54, 1.807) is 0 Å². The fourth-order valence-corrected chi connectivity index (χ4v) is 5.02. The molecule has 1 saturated heterocycles. The Morgan fingerprint density at radius 3 is 2.46 bits per heavy atom. The first-order valence-electron chi connectivity index (χ1n) is 13.4. The molecule has 0 spiro atoms. The van der Waals surface area contributed by atoms with Gasteiger partial charge < -0.3 is 21.3 Å². The van der Waals surface area contributed by atoms with E-state index in [-0.39, 0.29) is 22.6 Å². The van der Waals surface area contributed by atoms with Crippen LogP contribution in [0.3, 0.4) is 0 Å². The van der Waals surface area contributed by atoms with Crippen molar-refractivity contribution in [1.82, 2.24) is 25.5 Å². The number of carbonyl (C=O) groups is 1. The van der Waals surface area contributed by atoms with E-state index in [2.05, 4.69) is 56.4 Å². The van der Waals surface area contributed by atoms with Crippen LogP contribution in [0.25, 0.3) is 0 Å². The highest BCUT2D eigenvalue weighted by molar-refractivity contribution is 6.32. The van der Waals surface area contributed by atoms with Crippen molar-refractivity contribution < 1.29 is 4.79 Å². The molecule has 8 nitrogen and oxygen atoms in total. The lowest BCUT2D eigenvalue weighted by atomic mass is 10.0. The molecule has 0 saturated carbocycles. The zero-order chi connectivity index (χ0) is 27.4. The van der Waals surface area contributed by atoms with E-state index in [9.17, 15) is 4.79 Å². The number of nitrogens with one attached hydrogen (secondary N) is 2. The van der Waals surface area contributed by atoms with Crippen molar-refractivity contribution in [3.63, 3.8) is 0 Å². The summed E-state index contributed by atoms with van der Waals surface area (Å²) in [5.41, 5.74) is 7.37. The third kappa shape index (κ3) is 8.70. The van der Waals surface area contributed by atoms with Crippen LogP contribution in [0.15, 0.2) is 24.3 Å². The molecule has 0 radical (unpaired) electrons. The maximum absolute atomic E-state index is 12.2. The highest BCUT2D eigenvalue weighted by Gasteiger charge is 2.32. The second-order valence-electron chi connectivity index (χ2n) is 8.83. The van der Waals surface area contributed by atoms with Gasteiger partial charge in [0, 0.05) is 49.8 Å². The van der Waals surface area contributed by atoms with Gasteiger partial charge >= 0.3 is 0 Å². The number of piperazine rings is 1. The number of nitrogen functional groups attached to an aromatic ring is 1. The van der Waals surface area contributed by atoms with Gasteiger partial charge in [0.2, 0.25) is 0 Å². The predicted molar refractivity (Wildman–Crippen MR) is 156 cm³/mol. The number of rotatable bonds is 11. The van der Waals surface area contributed by atoms with Crippen LogP contribution in [0, 0.1) is 0 Å². The highest BCUT2D eigenvalue weighted by Crippen LogP contribution is 2.28. The number of benzene rings is 1. The normalized spacial score (nSPS) is 16.6. The van der Waals surface area contributed by atoms with Crippen LogP contribution in [0.4, 0.5) is 11.6 Å². The van der Waals surface area contributed by atoms with E-state index >= 15 is 0 Å². The van der Waals surface area contributed by atoms with Crippen LogP contribution < -0.4 is 21.3 Å². The Labute approximate surface area is 232 Å². The smallest absolute Gasteiger partial charge is 0.273 e. The van der Waals surface area contributed by atoms with Gasteiger partial charge in [-0.2, -0.15) is 0 Å². The maximum atomic E-state index is 12.2. The van der Waals surface area contributed by atoms with Crippen LogP contribution in [0.5, 0.6) is 0 Å². The fraction of sp³-hybridized carbons (Fsp3) is 0.593. The molecule has 4 N–H and O–H groups in total. The summed E-state index contributed by atoms with van der Waals surface area (Å²) in [5.74, 6) is 0.287. The number of nitrogens with zero attached hydrogens (tertiary/aromatic N) is 4. The van der Waals surface area contributed by atoms with Gasteiger partial charge in [-0.1, -0.05) is 63.0 Å². The lowest BCUT2D eigenvalue weighted by Crippen LogP contribution is -2.57. The summed E-state index contributed by atoms with van der Waals surface area (Å²) in [4.78, 5) is 25.7. The number of aromatic nitrogens is 2. The zero-order valence-corrected chi connectivity index (χ0v) is 24.4. The molecule has 1 aromatic heterocycles. The van der Waals surface area contributed by atoms with E-state index in [0.717, 1.165) is 57.0 Å². The Balaban J connectivity index is 0.00000235. The molecule has 2 unspecified atom stereocenters. The molecule has 10 heteroatoms. The van der Waals surface area contributed by atoms with E-state index in [1.807, 2.05) is 32.9 Å². The van der Waals surface area contributed by atoms with Crippen LogP contribution in [0.1, 0.15) is 69.9 Å². The third-order valence-corrected chi connectivity index (χ3v) is 7.06. The number of nitrogens with two attached hydrogens (primary N) is 1. The summed E-state index contributed by atoms with van der Waals surface area (Å²) in [7, 11) is 0. The van der Waals surface area contributed by atoms with Crippen molar-refractivity contribution in [3.8, 4) is 0 Å². The van der Waals surface area contributed by atoms with Crippen molar-refractivity contribution in [2.75, 3.05) is 43.4 Å². The second kappa shape index (κ2) is 16.0. The minimum absolute atomic E-state index is 0.0726. The van der Waals surface area contributed by atoms with Gasteiger partial charge in [-0.3, -0.25) is 9.69 Å². The quantitative estimate of drug-likeness (QED) is 0.338. The van der Waals surface area contributed by atoms with E-state index in [4.69, 9.17) is 28.9 Å². The Morgan fingerprint density at radius 1 is 1.14 bits per heavy atom. The minimum Gasteiger partial charge on any atom is -0.382 e. The summed E-state index contributed by atoms with van der Waals surface area (Å²) in [6.45, 7) is 15.0. The van der Waals surface area contributed by atoms with Gasteiger partial charge in [-0.25, -0.2) is 9.97 Å². The first kappa shape index (κ1) is 31.1. The number of amides is 1. The van der Waals surface area contributed by atoms with Gasteiger partial charge in [-0.05, 0) is 50.4 Å². The second-order valence-corrected chi connectivity index (χ2v) is 9.63. The SMILES string of the molecule is CC.CCNC(=O)c1nc(Cl)c(N2CCN(C(CC)CCNCc3ccc(Cl)cc3)C(CC)C2)nc1N. The molecule has 1 aliphatic heterocycles. The molecule has 2 heterocycles. The van der Waals surface area contributed by atoms with Crippen molar-refractivity contribution in [1.29, 1.82) is 0 Å². The first-order chi connectivity index (χ1) is 17.9. The van der Waals surface area contributed by atoms with E-state index < -0.39 is 0 Å². The highest BCUT2D eigenvalue weighted by atomic mass is 35.5. The van der Waals surface area contributed by atoms with Crippen LogP contribution in [-0.4, -0.2) is 65.6 Å². The van der Waals surface area contributed by atoms with Crippen molar-refractivity contribution in [2.24, 2.45) is 0 Å². The molecule has 1 amide bonds. The van der Waals surface area contributed by atoms with E-state index in [0.29, 0.717) is 24.4 Å². The molecular formula is C27H43Cl2N7O. The van der Waals surface area contributed by atoms with Crippen LogP contribution in [-0.2, 0) is 6.54 Å². The molecule has 3 rings (SSSR count). The van der Waals surface area contributed by atoms with Crippen molar-refractivity contribution >= 4 is 40.7 Å². The monoisotopic (exact) mass is 551 g/mol. The van der Waals surface area contributed by atoms with Crippen molar-refractivity contribution in [2.45, 2.75) is 72.5 Å². The number of hydrogen-bond donors (Lipinski definition) is 3. The Hall–Kier alpha value is -2.13. The lowest BCUT2D eigenvalue weighted by Gasteiger charge is -2.45. The van der Waals surface area contributed by atoms with Crippen molar-refractivity contribution in [3.05, 3.63) is 45.7 Å². The molecule has 1 fully saturated rings. The molecule has 2 atom stereocenters. The number of anilines is 2. The Bertz CT molecular complexity index is 974. The number of carbonyl (C=O) groups excluding carboxylic acids is 1. The lowest BCUT2D eigenvalue weighted by molar-refractivity contribution is 0.0951. The van der Waals surface area contributed by atoms with E-state index in [1.165, 1.54) is 5.56 Å². The topological polar surface area (TPSA) is 99.4 Å². The van der Waals surface area contributed by atoms with Gasteiger partial charge in [0.1, 0.15) is 0 Å². The molecule has 1 aromatic carbocycles. The summed E-state index contributed by atoms with van der Waals surface area (Å²) in [6.07, 6.45) is 3.19. The summed E-state index contributed by atoms with van der Waals surface area (Å²) in [5, 5.41) is 7.23. The molecule has 1 aliphatic rings. The summed E-state index contributed by atoms with van der Waals surface area (Å²) < 4.78 is 0. The number of halogens is 2. The summed E-state index contributed by atoms with van der Waals surface area (Å²) >= 11 is 12.4. The molecule has 0 aliphatic carbocycles. The molecule has 2 aromatic rings. The molecule has 37 heavy (non-hydrogen) atoms. The zero-order valence-electron chi connectivity index (χ0n) is 22.9. The van der Waals surface area contributed by atoms with Gasteiger partial charge in [-0.15, -0.1) is 0 Å². The first-order valence-corrected chi connectivity index (χ1v) is 14.2. The standard InChI is InChI=1S/C25H37Cl2N7O.C2H6/c1-4-19(11-12-29-15-17-7-9-18(26)10-8-17)34-14-13-33(16-20(34)5-2)24-22(27)31-21(23(28)32-24)25(35)30-6-3;1-2/h7-10,19-20,29H,4-6,11-16H2,1-3H3,(H2,28,32)(H,30,35);1-2H3. The minimum atomic E-state index is -0.363. The largest absolute Gasteiger partial charge is 0.382 e. The fourth-order valence-electron chi connectivity index (χ4n) is 4.65. The van der Waals surface area contributed by atoms with Gasteiger partial charge in [0.25, 0.3) is 5.91 Å². The molecular weight excluding hydrogens is 509 g/mol. The van der Waals surface area contributed by atoms with Crippen LogP contribution >= 0.6 is 23.2 Å². The van der Waals surface area contributed by atoms with Gasteiger partial charge in [0.05, 0.1) is 0 Å². The Kier molecular flexibility index (Phi) is 13.4. The maximum Gasteiger partial charge on any atom is 0.273 e. The predicted octanol–water partition coefficient (Wildman–Crippen LogP) is 5.00. The van der Waals surface area contributed by atoms with Gasteiger partial charge in [0.15, 0.2) is 22.5 Å². The van der Waals surface area contributed by atoms with Crippen LogP contribution in [0.2, 0.25) is 10.2 Å². The Morgan fingerprint density at radius 2 is 1.84 bits per heavy atom. The molecule has 206 valence electrons.